The number of rotatable bonds is 3. The van der Waals surface area contributed by atoms with Gasteiger partial charge in [0.05, 0.1) is 0 Å². The van der Waals surface area contributed by atoms with E-state index in [1.165, 1.54) is 5.56 Å². The van der Waals surface area contributed by atoms with E-state index in [0.29, 0.717) is 0 Å². The molecule has 2 heteroatoms. The minimum absolute atomic E-state index is 0.0445. The molecule has 0 heterocycles. The third-order valence-electron chi connectivity index (χ3n) is 2.89. The van der Waals surface area contributed by atoms with Crippen molar-refractivity contribution in [2.75, 3.05) is 0 Å². The second kappa shape index (κ2) is 3.35. The molecule has 0 aromatic heterocycles. The number of nitrogens with two attached hydrogens (primary N) is 1. The molecule has 0 spiro atoms. The molecule has 1 aliphatic rings. The van der Waals surface area contributed by atoms with Crippen LogP contribution in [-0.2, 0) is 6.42 Å². The average molecular weight is 193 g/mol. The van der Waals surface area contributed by atoms with Crippen molar-refractivity contribution in [3.63, 3.8) is 0 Å². The van der Waals surface area contributed by atoms with Gasteiger partial charge in [-0.2, -0.15) is 0 Å². The van der Waals surface area contributed by atoms with Gasteiger partial charge in [0.15, 0.2) is 0 Å². The number of alkyl halides is 1. The summed E-state index contributed by atoms with van der Waals surface area (Å²) in [4.78, 5) is 0. The first-order valence-electron chi connectivity index (χ1n) is 5.11. The number of benzene rings is 1. The van der Waals surface area contributed by atoms with Gasteiger partial charge in [-0.3, -0.25) is 0 Å². The molecule has 0 radical (unpaired) electrons. The highest BCUT2D eigenvalue weighted by atomic mass is 19.1. The molecule has 1 atom stereocenters. The highest BCUT2D eigenvalue weighted by Gasteiger charge is 2.37. The van der Waals surface area contributed by atoms with E-state index in [-0.39, 0.29) is 5.54 Å². The lowest BCUT2D eigenvalue weighted by molar-refractivity contribution is 0.374. The zero-order valence-corrected chi connectivity index (χ0v) is 8.46. The zero-order chi connectivity index (χ0) is 10.2. The molecule has 2 rings (SSSR count). The predicted molar refractivity (Wildman–Crippen MR) is 55.8 cm³/mol. The SMILES string of the molecule is CC(F)c1ccc(CC2(N)CC2)cc1. The highest BCUT2D eigenvalue weighted by Crippen LogP contribution is 2.35. The van der Waals surface area contributed by atoms with Crippen LogP contribution in [0, 0.1) is 0 Å². The van der Waals surface area contributed by atoms with Gasteiger partial charge in [-0.05, 0) is 37.3 Å². The summed E-state index contributed by atoms with van der Waals surface area (Å²) in [6.07, 6.45) is 2.29. The van der Waals surface area contributed by atoms with Crippen LogP contribution in [-0.4, -0.2) is 5.54 Å². The summed E-state index contributed by atoms with van der Waals surface area (Å²) < 4.78 is 12.9. The van der Waals surface area contributed by atoms with Gasteiger partial charge in [0.2, 0.25) is 0 Å². The molecule has 0 bridgehead atoms. The van der Waals surface area contributed by atoms with Crippen LogP contribution in [0.15, 0.2) is 24.3 Å². The van der Waals surface area contributed by atoms with Crippen LogP contribution >= 0.6 is 0 Å². The van der Waals surface area contributed by atoms with E-state index in [4.69, 9.17) is 5.73 Å². The third kappa shape index (κ3) is 2.13. The fraction of sp³-hybridized carbons (Fsp3) is 0.500. The van der Waals surface area contributed by atoms with E-state index in [1.54, 1.807) is 6.92 Å². The molecule has 1 aliphatic carbocycles. The van der Waals surface area contributed by atoms with Gasteiger partial charge >= 0.3 is 0 Å². The van der Waals surface area contributed by atoms with Crippen molar-refractivity contribution in [1.82, 2.24) is 0 Å². The molecule has 1 unspecified atom stereocenters. The molecule has 1 saturated carbocycles. The molecule has 0 aliphatic heterocycles. The first kappa shape index (κ1) is 9.66. The molecule has 1 aromatic carbocycles. The van der Waals surface area contributed by atoms with Gasteiger partial charge in [0, 0.05) is 5.54 Å². The van der Waals surface area contributed by atoms with Crippen molar-refractivity contribution in [3.05, 3.63) is 35.4 Å². The summed E-state index contributed by atoms with van der Waals surface area (Å²) in [5.74, 6) is 0. The van der Waals surface area contributed by atoms with Crippen molar-refractivity contribution in [1.29, 1.82) is 0 Å². The summed E-state index contributed by atoms with van der Waals surface area (Å²) in [6, 6.07) is 7.67. The Bertz CT molecular complexity index is 312. The highest BCUT2D eigenvalue weighted by molar-refractivity contribution is 5.26. The first-order valence-corrected chi connectivity index (χ1v) is 5.11. The third-order valence-corrected chi connectivity index (χ3v) is 2.89. The maximum atomic E-state index is 12.9. The van der Waals surface area contributed by atoms with Crippen molar-refractivity contribution in [3.8, 4) is 0 Å². The predicted octanol–water partition coefficient (Wildman–Crippen LogP) is 2.75. The van der Waals surface area contributed by atoms with E-state index < -0.39 is 6.17 Å². The van der Waals surface area contributed by atoms with Crippen molar-refractivity contribution in [2.45, 2.75) is 37.9 Å². The van der Waals surface area contributed by atoms with Gasteiger partial charge in [0.25, 0.3) is 0 Å². The Morgan fingerprint density at radius 3 is 2.36 bits per heavy atom. The summed E-state index contributed by atoms with van der Waals surface area (Å²) in [5, 5.41) is 0. The smallest absolute Gasteiger partial charge is 0.122 e. The van der Waals surface area contributed by atoms with Crippen LogP contribution in [0.4, 0.5) is 4.39 Å². The van der Waals surface area contributed by atoms with E-state index in [0.717, 1.165) is 24.8 Å². The van der Waals surface area contributed by atoms with Crippen LogP contribution < -0.4 is 5.73 Å². The Balaban J connectivity index is 2.06. The van der Waals surface area contributed by atoms with E-state index >= 15 is 0 Å². The molecule has 2 N–H and O–H groups in total. The van der Waals surface area contributed by atoms with Crippen molar-refractivity contribution in [2.24, 2.45) is 5.73 Å². The molecule has 1 nitrogen and oxygen atoms in total. The minimum atomic E-state index is -0.878. The van der Waals surface area contributed by atoms with Crippen molar-refractivity contribution >= 4 is 0 Å². The largest absolute Gasteiger partial charge is 0.325 e. The van der Waals surface area contributed by atoms with Crippen LogP contribution in [0.25, 0.3) is 0 Å². The quantitative estimate of drug-likeness (QED) is 0.784. The molecule has 1 aromatic rings. The maximum absolute atomic E-state index is 12.9. The Morgan fingerprint density at radius 1 is 1.36 bits per heavy atom. The second-order valence-corrected chi connectivity index (χ2v) is 4.40. The fourth-order valence-corrected chi connectivity index (χ4v) is 1.64. The number of hydrogen-bond donors (Lipinski definition) is 1. The molecular formula is C12H16FN. The van der Waals surface area contributed by atoms with Crippen molar-refractivity contribution < 1.29 is 4.39 Å². The number of hydrogen-bond acceptors (Lipinski definition) is 1. The zero-order valence-electron chi connectivity index (χ0n) is 8.46. The maximum Gasteiger partial charge on any atom is 0.122 e. The van der Waals surface area contributed by atoms with E-state index in [1.807, 2.05) is 24.3 Å². The van der Waals surface area contributed by atoms with Gasteiger partial charge in [0.1, 0.15) is 6.17 Å². The normalized spacial score (nSPS) is 20.5. The van der Waals surface area contributed by atoms with Crippen LogP contribution in [0.3, 0.4) is 0 Å². The van der Waals surface area contributed by atoms with E-state index in [9.17, 15) is 4.39 Å². The topological polar surface area (TPSA) is 26.0 Å². The Labute approximate surface area is 84.1 Å². The van der Waals surface area contributed by atoms with Gasteiger partial charge in [-0.15, -0.1) is 0 Å². The van der Waals surface area contributed by atoms with Gasteiger partial charge in [-0.1, -0.05) is 24.3 Å². The average Bonchev–Trinajstić information content (AvgIpc) is 2.84. The summed E-state index contributed by atoms with van der Waals surface area (Å²) >= 11 is 0. The molecular weight excluding hydrogens is 177 g/mol. The minimum Gasteiger partial charge on any atom is -0.325 e. The van der Waals surface area contributed by atoms with Crippen LogP contribution in [0.1, 0.15) is 37.1 Å². The second-order valence-electron chi connectivity index (χ2n) is 4.40. The molecule has 0 saturated heterocycles. The molecule has 1 fully saturated rings. The molecule has 76 valence electrons. The van der Waals surface area contributed by atoms with E-state index in [2.05, 4.69) is 0 Å². The fourth-order valence-electron chi connectivity index (χ4n) is 1.64. The standard InChI is InChI=1S/C12H16FN/c1-9(13)11-4-2-10(3-5-11)8-12(14)6-7-12/h2-5,9H,6-8,14H2,1H3. The van der Waals surface area contributed by atoms with Crippen LogP contribution in [0.2, 0.25) is 0 Å². The first-order chi connectivity index (χ1) is 6.59. The summed E-state index contributed by atoms with van der Waals surface area (Å²) in [7, 11) is 0. The van der Waals surface area contributed by atoms with Gasteiger partial charge in [-0.25, -0.2) is 4.39 Å². The Hall–Kier alpha value is -0.890. The molecule has 0 amide bonds. The summed E-state index contributed by atoms with van der Waals surface area (Å²) in [5.41, 5.74) is 8.01. The lowest BCUT2D eigenvalue weighted by Gasteiger charge is -2.09. The number of halogens is 1. The monoisotopic (exact) mass is 193 g/mol. The van der Waals surface area contributed by atoms with Gasteiger partial charge < -0.3 is 5.73 Å². The van der Waals surface area contributed by atoms with Crippen LogP contribution in [0.5, 0.6) is 0 Å². The Kier molecular flexibility index (Phi) is 2.31. The Morgan fingerprint density at radius 2 is 1.93 bits per heavy atom. The lowest BCUT2D eigenvalue weighted by Crippen LogP contribution is -2.24. The lowest BCUT2D eigenvalue weighted by atomic mass is 10.0. The molecule has 14 heavy (non-hydrogen) atoms. The summed E-state index contributed by atoms with van der Waals surface area (Å²) in [6.45, 7) is 1.56.